The van der Waals surface area contributed by atoms with Crippen LogP contribution in [0.1, 0.15) is 36.7 Å². The second-order valence-corrected chi connectivity index (χ2v) is 7.05. The summed E-state index contributed by atoms with van der Waals surface area (Å²) in [6.45, 7) is 6.36. The van der Waals surface area contributed by atoms with E-state index in [1.807, 2.05) is 24.3 Å². The Hall–Kier alpha value is -1.32. The van der Waals surface area contributed by atoms with Crippen LogP contribution in [-0.2, 0) is 5.41 Å². The molecule has 1 amide bonds. The summed E-state index contributed by atoms with van der Waals surface area (Å²) in [6, 6.07) is 13.1. The van der Waals surface area contributed by atoms with Crippen LogP contribution < -0.4 is 5.32 Å². The first-order valence-electron chi connectivity index (χ1n) is 6.65. The van der Waals surface area contributed by atoms with Gasteiger partial charge in [-0.2, -0.15) is 0 Å². The number of benzene rings is 2. The second kappa shape index (κ2) is 6.20. The summed E-state index contributed by atoms with van der Waals surface area (Å²) in [5.74, 6) is -0.180. The Balaban J connectivity index is 2.35. The highest BCUT2D eigenvalue weighted by Crippen LogP contribution is 2.31. The zero-order valence-corrected chi connectivity index (χ0v) is 14.5. The molecule has 1 N–H and O–H groups in total. The first-order valence-corrected chi connectivity index (χ1v) is 7.82. The predicted molar refractivity (Wildman–Crippen MR) is 92.2 cm³/mol. The molecule has 0 radical (unpaired) electrons. The number of nitrogens with one attached hydrogen (secondary N) is 1. The number of amides is 1. The van der Waals surface area contributed by atoms with Crippen molar-refractivity contribution in [3.63, 3.8) is 0 Å². The Kier molecular flexibility index (Phi) is 4.74. The van der Waals surface area contributed by atoms with Gasteiger partial charge in [0.1, 0.15) is 0 Å². The molecule has 21 heavy (non-hydrogen) atoms. The van der Waals surface area contributed by atoms with Gasteiger partial charge in [0, 0.05) is 10.2 Å². The van der Waals surface area contributed by atoms with Crippen molar-refractivity contribution in [3.05, 3.63) is 63.1 Å². The van der Waals surface area contributed by atoms with Crippen LogP contribution in [0.25, 0.3) is 0 Å². The first-order chi connectivity index (χ1) is 9.80. The lowest BCUT2D eigenvalue weighted by Crippen LogP contribution is -2.19. The Morgan fingerprint density at radius 1 is 1.10 bits per heavy atom. The summed E-state index contributed by atoms with van der Waals surface area (Å²) in [5.41, 5.74) is 2.39. The topological polar surface area (TPSA) is 29.1 Å². The van der Waals surface area contributed by atoms with Crippen LogP contribution >= 0.6 is 27.5 Å². The smallest absolute Gasteiger partial charge is 0.256 e. The van der Waals surface area contributed by atoms with Gasteiger partial charge in [0.25, 0.3) is 5.91 Å². The van der Waals surface area contributed by atoms with E-state index in [2.05, 4.69) is 42.0 Å². The summed E-state index contributed by atoms with van der Waals surface area (Å²) in [6.07, 6.45) is 0. The molecule has 0 fully saturated rings. The van der Waals surface area contributed by atoms with Crippen LogP contribution in [0.3, 0.4) is 0 Å². The molecule has 0 saturated heterocycles. The van der Waals surface area contributed by atoms with Crippen molar-refractivity contribution < 1.29 is 4.79 Å². The van der Waals surface area contributed by atoms with Crippen molar-refractivity contribution >= 4 is 39.1 Å². The molecule has 4 heteroatoms. The summed E-state index contributed by atoms with van der Waals surface area (Å²) in [4.78, 5) is 12.5. The summed E-state index contributed by atoms with van der Waals surface area (Å²) < 4.78 is 0.609. The highest BCUT2D eigenvalue weighted by atomic mass is 79.9. The van der Waals surface area contributed by atoms with Crippen LogP contribution in [-0.4, -0.2) is 5.91 Å². The Bertz CT molecular complexity index is 677. The standard InChI is InChI=1S/C17H17BrClNO/c1-17(2,3)12-8-4-5-10-14(12)20-16(21)11-7-6-9-13(19)15(11)18/h4-10H,1-3H3,(H,20,21). The van der Waals surface area contributed by atoms with Gasteiger partial charge in [-0.1, -0.05) is 56.6 Å². The molecule has 0 saturated carbocycles. The van der Waals surface area contributed by atoms with Crippen molar-refractivity contribution in [3.8, 4) is 0 Å². The zero-order valence-electron chi connectivity index (χ0n) is 12.2. The second-order valence-electron chi connectivity index (χ2n) is 5.85. The van der Waals surface area contributed by atoms with Crippen LogP contribution in [0.2, 0.25) is 5.02 Å². The number of para-hydroxylation sites is 1. The molecule has 0 heterocycles. The third-order valence-electron chi connectivity index (χ3n) is 3.18. The fraction of sp³-hybridized carbons (Fsp3) is 0.235. The molecule has 0 spiro atoms. The lowest BCUT2D eigenvalue weighted by Gasteiger charge is -2.23. The van der Waals surface area contributed by atoms with Crippen LogP contribution in [0.4, 0.5) is 5.69 Å². The minimum atomic E-state index is -0.180. The first kappa shape index (κ1) is 16.1. The molecule has 2 nitrogen and oxygen atoms in total. The third-order valence-corrected chi connectivity index (χ3v) is 4.58. The zero-order chi connectivity index (χ0) is 15.6. The Labute approximate surface area is 138 Å². The molecule has 2 aromatic carbocycles. The molecule has 0 atom stereocenters. The number of carbonyl (C=O) groups is 1. The van der Waals surface area contributed by atoms with Gasteiger partial charge in [-0.3, -0.25) is 4.79 Å². The number of anilines is 1. The highest BCUT2D eigenvalue weighted by Gasteiger charge is 2.20. The van der Waals surface area contributed by atoms with E-state index in [0.717, 1.165) is 11.3 Å². The average molecular weight is 367 g/mol. The molecule has 0 aliphatic heterocycles. The van der Waals surface area contributed by atoms with Gasteiger partial charge in [0.2, 0.25) is 0 Å². The van der Waals surface area contributed by atoms with E-state index in [-0.39, 0.29) is 11.3 Å². The van der Waals surface area contributed by atoms with Gasteiger partial charge >= 0.3 is 0 Å². The van der Waals surface area contributed by atoms with E-state index in [1.165, 1.54) is 0 Å². The number of halogens is 2. The minimum Gasteiger partial charge on any atom is -0.322 e. The van der Waals surface area contributed by atoms with E-state index >= 15 is 0 Å². The van der Waals surface area contributed by atoms with Gasteiger partial charge in [0.05, 0.1) is 10.6 Å². The molecular weight excluding hydrogens is 350 g/mol. The monoisotopic (exact) mass is 365 g/mol. The van der Waals surface area contributed by atoms with Crippen LogP contribution in [0.15, 0.2) is 46.9 Å². The van der Waals surface area contributed by atoms with Crippen molar-refractivity contribution in [1.29, 1.82) is 0 Å². The largest absolute Gasteiger partial charge is 0.322 e. The van der Waals surface area contributed by atoms with E-state index < -0.39 is 0 Å². The van der Waals surface area contributed by atoms with Crippen LogP contribution in [0.5, 0.6) is 0 Å². The molecular formula is C17H17BrClNO. The number of hydrogen-bond acceptors (Lipinski definition) is 1. The quantitative estimate of drug-likeness (QED) is 0.731. The van der Waals surface area contributed by atoms with Crippen molar-refractivity contribution in [2.75, 3.05) is 5.32 Å². The maximum atomic E-state index is 12.5. The minimum absolute atomic E-state index is 0.0462. The predicted octanol–water partition coefficient (Wildman–Crippen LogP) is 5.65. The summed E-state index contributed by atoms with van der Waals surface area (Å²) in [7, 11) is 0. The molecule has 0 unspecified atom stereocenters. The fourth-order valence-electron chi connectivity index (χ4n) is 2.11. The molecule has 0 aromatic heterocycles. The molecule has 110 valence electrons. The molecule has 2 rings (SSSR count). The fourth-order valence-corrected chi connectivity index (χ4v) is 2.73. The molecule has 0 aliphatic rings. The van der Waals surface area contributed by atoms with Crippen molar-refractivity contribution in [2.45, 2.75) is 26.2 Å². The van der Waals surface area contributed by atoms with Gasteiger partial charge in [-0.25, -0.2) is 0 Å². The Morgan fingerprint density at radius 2 is 1.76 bits per heavy atom. The lowest BCUT2D eigenvalue weighted by molar-refractivity contribution is 0.102. The van der Waals surface area contributed by atoms with Gasteiger partial charge in [0.15, 0.2) is 0 Å². The molecule has 0 bridgehead atoms. The van der Waals surface area contributed by atoms with Crippen LogP contribution in [0, 0.1) is 0 Å². The van der Waals surface area contributed by atoms with Gasteiger partial charge in [-0.05, 0) is 45.1 Å². The van der Waals surface area contributed by atoms with Gasteiger partial charge < -0.3 is 5.32 Å². The number of rotatable bonds is 2. The van der Waals surface area contributed by atoms with E-state index in [1.54, 1.807) is 18.2 Å². The lowest BCUT2D eigenvalue weighted by atomic mass is 9.86. The van der Waals surface area contributed by atoms with Crippen molar-refractivity contribution in [2.24, 2.45) is 0 Å². The maximum Gasteiger partial charge on any atom is 0.256 e. The Morgan fingerprint density at radius 3 is 2.43 bits per heavy atom. The highest BCUT2D eigenvalue weighted by molar-refractivity contribution is 9.10. The molecule has 2 aromatic rings. The molecule has 0 aliphatic carbocycles. The SMILES string of the molecule is CC(C)(C)c1ccccc1NC(=O)c1cccc(Cl)c1Br. The summed E-state index contributed by atoms with van der Waals surface area (Å²) in [5, 5.41) is 3.49. The normalized spacial score (nSPS) is 11.3. The van der Waals surface area contributed by atoms with E-state index in [4.69, 9.17) is 11.6 Å². The number of hydrogen-bond donors (Lipinski definition) is 1. The van der Waals surface area contributed by atoms with Crippen molar-refractivity contribution in [1.82, 2.24) is 0 Å². The van der Waals surface area contributed by atoms with E-state index in [0.29, 0.717) is 15.1 Å². The maximum absolute atomic E-state index is 12.5. The average Bonchev–Trinajstić information content (AvgIpc) is 2.41. The van der Waals surface area contributed by atoms with E-state index in [9.17, 15) is 4.79 Å². The van der Waals surface area contributed by atoms with Gasteiger partial charge in [-0.15, -0.1) is 0 Å². The number of carbonyl (C=O) groups excluding carboxylic acids is 1. The third kappa shape index (κ3) is 3.66. The summed E-state index contributed by atoms with van der Waals surface area (Å²) >= 11 is 9.40.